The van der Waals surface area contributed by atoms with Gasteiger partial charge in [-0.2, -0.15) is 4.98 Å². The third-order valence-electron chi connectivity index (χ3n) is 2.76. The minimum Gasteiger partial charge on any atom is -0.493 e. The predicted octanol–water partition coefficient (Wildman–Crippen LogP) is 2.12. The standard InChI is InChI=1S/C14H16N2O5/c1-4-20-14(17)10-12(15)21-13(16-10)8-6-5-7-9(18-2)11(8)19-3/h5-7H,4,15H2,1-3H3. The molecule has 0 spiro atoms. The first-order chi connectivity index (χ1) is 10.1. The summed E-state index contributed by atoms with van der Waals surface area (Å²) in [7, 11) is 3.02. The molecule has 0 aliphatic carbocycles. The molecule has 0 amide bonds. The molecule has 0 fully saturated rings. The van der Waals surface area contributed by atoms with Gasteiger partial charge in [0, 0.05) is 0 Å². The van der Waals surface area contributed by atoms with E-state index in [9.17, 15) is 4.79 Å². The van der Waals surface area contributed by atoms with Crippen molar-refractivity contribution in [1.82, 2.24) is 4.98 Å². The Morgan fingerprint density at radius 2 is 2.10 bits per heavy atom. The van der Waals surface area contributed by atoms with Crippen LogP contribution in [-0.4, -0.2) is 31.8 Å². The molecule has 0 atom stereocenters. The molecule has 1 aromatic carbocycles. The number of carbonyl (C=O) groups is 1. The average Bonchev–Trinajstić information content (AvgIpc) is 2.88. The van der Waals surface area contributed by atoms with Gasteiger partial charge in [-0.3, -0.25) is 0 Å². The number of nitrogen functional groups attached to an aromatic ring is 1. The van der Waals surface area contributed by atoms with Crippen molar-refractivity contribution in [3.05, 3.63) is 23.9 Å². The number of methoxy groups -OCH3 is 2. The van der Waals surface area contributed by atoms with Gasteiger partial charge in [0.15, 0.2) is 11.5 Å². The lowest BCUT2D eigenvalue weighted by atomic mass is 10.2. The molecule has 2 rings (SSSR count). The number of esters is 1. The summed E-state index contributed by atoms with van der Waals surface area (Å²) in [5.41, 5.74) is 6.14. The highest BCUT2D eigenvalue weighted by atomic mass is 16.5. The minimum absolute atomic E-state index is 0.0586. The summed E-state index contributed by atoms with van der Waals surface area (Å²) in [5, 5.41) is 0. The minimum atomic E-state index is -0.633. The molecule has 0 bridgehead atoms. The van der Waals surface area contributed by atoms with E-state index in [0.29, 0.717) is 17.1 Å². The molecule has 0 saturated carbocycles. The van der Waals surface area contributed by atoms with E-state index in [-0.39, 0.29) is 24.1 Å². The molecule has 7 nitrogen and oxygen atoms in total. The van der Waals surface area contributed by atoms with Gasteiger partial charge in [0.05, 0.1) is 26.4 Å². The van der Waals surface area contributed by atoms with E-state index in [1.807, 2.05) is 0 Å². The van der Waals surface area contributed by atoms with Gasteiger partial charge in [0.1, 0.15) is 0 Å². The zero-order valence-electron chi connectivity index (χ0n) is 12.0. The third-order valence-corrected chi connectivity index (χ3v) is 2.76. The number of rotatable bonds is 5. The van der Waals surface area contributed by atoms with Crippen LogP contribution in [0.15, 0.2) is 22.6 Å². The Labute approximate surface area is 121 Å². The third kappa shape index (κ3) is 2.76. The summed E-state index contributed by atoms with van der Waals surface area (Å²) in [4.78, 5) is 15.8. The van der Waals surface area contributed by atoms with E-state index in [1.54, 1.807) is 25.1 Å². The normalized spacial score (nSPS) is 10.2. The van der Waals surface area contributed by atoms with Crippen LogP contribution >= 0.6 is 0 Å². The largest absolute Gasteiger partial charge is 0.493 e. The number of ether oxygens (including phenoxy) is 3. The zero-order valence-corrected chi connectivity index (χ0v) is 12.0. The Morgan fingerprint density at radius 3 is 2.71 bits per heavy atom. The van der Waals surface area contributed by atoms with Gasteiger partial charge in [-0.1, -0.05) is 6.07 Å². The first kappa shape index (κ1) is 14.7. The first-order valence-electron chi connectivity index (χ1n) is 6.27. The summed E-state index contributed by atoms with van der Waals surface area (Å²) >= 11 is 0. The number of aromatic nitrogens is 1. The molecule has 0 radical (unpaired) electrons. The predicted molar refractivity (Wildman–Crippen MR) is 75.4 cm³/mol. The highest BCUT2D eigenvalue weighted by molar-refractivity contribution is 5.92. The number of nitrogens with zero attached hydrogens (tertiary/aromatic N) is 1. The lowest BCUT2D eigenvalue weighted by Crippen LogP contribution is -2.07. The summed E-state index contributed by atoms with van der Waals surface area (Å²) < 4.78 is 20.7. The maximum atomic E-state index is 11.7. The molecule has 7 heteroatoms. The topological polar surface area (TPSA) is 96.8 Å². The Balaban J connectivity index is 2.48. The SMILES string of the molecule is CCOC(=O)c1nc(-c2cccc(OC)c2OC)oc1N. The molecule has 0 unspecified atom stereocenters. The number of anilines is 1. The summed E-state index contributed by atoms with van der Waals surface area (Å²) in [6.07, 6.45) is 0. The van der Waals surface area contributed by atoms with E-state index in [2.05, 4.69) is 4.98 Å². The van der Waals surface area contributed by atoms with Gasteiger partial charge in [-0.15, -0.1) is 0 Å². The van der Waals surface area contributed by atoms with Crippen LogP contribution in [0.4, 0.5) is 5.88 Å². The molecule has 2 N–H and O–H groups in total. The molecular weight excluding hydrogens is 276 g/mol. The maximum Gasteiger partial charge on any atom is 0.362 e. The fourth-order valence-corrected chi connectivity index (χ4v) is 1.85. The second kappa shape index (κ2) is 6.17. The summed E-state index contributed by atoms with van der Waals surface area (Å²) in [6, 6.07) is 5.21. The Hall–Kier alpha value is -2.70. The number of nitrogens with two attached hydrogens (primary N) is 1. The fourth-order valence-electron chi connectivity index (χ4n) is 1.85. The Morgan fingerprint density at radius 1 is 1.33 bits per heavy atom. The first-order valence-corrected chi connectivity index (χ1v) is 6.27. The number of hydrogen-bond donors (Lipinski definition) is 1. The fraction of sp³-hybridized carbons (Fsp3) is 0.286. The van der Waals surface area contributed by atoms with Gasteiger partial charge in [-0.05, 0) is 19.1 Å². The van der Waals surface area contributed by atoms with Crippen molar-refractivity contribution in [2.24, 2.45) is 0 Å². The smallest absolute Gasteiger partial charge is 0.362 e. The number of benzene rings is 1. The van der Waals surface area contributed by atoms with Gasteiger partial charge in [-0.25, -0.2) is 4.79 Å². The molecule has 0 aliphatic heterocycles. The lowest BCUT2D eigenvalue weighted by Gasteiger charge is -2.09. The van der Waals surface area contributed by atoms with E-state index < -0.39 is 5.97 Å². The summed E-state index contributed by atoms with van der Waals surface area (Å²) in [6.45, 7) is 1.92. The van der Waals surface area contributed by atoms with Crippen LogP contribution < -0.4 is 15.2 Å². The van der Waals surface area contributed by atoms with Crippen LogP contribution in [0.3, 0.4) is 0 Å². The molecule has 2 aromatic rings. The van der Waals surface area contributed by atoms with E-state index in [1.165, 1.54) is 14.2 Å². The summed E-state index contributed by atoms with van der Waals surface area (Å²) in [5.74, 6) is 0.382. The van der Waals surface area contributed by atoms with Gasteiger partial charge < -0.3 is 24.4 Å². The number of hydrogen-bond acceptors (Lipinski definition) is 7. The second-order valence-corrected chi connectivity index (χ2v) is 3.99. The van der Waals surface area contributed by atoms with Gasteiger partial charge >= 0.3 is 5.97 Å². The number of oxazole rings is 1. The molecule has 21 heavy (non-hydrogen) atoms. The van der Waals surface area contributed by atoms with Crippen molar-refractivity contribution in [3.63, 3.8) is 0 Å². The van der Waals surface area contributed by atoms with E-state index in [0.717, 1.165) is 0 Å². The molecule has 0 saturated heterocycles. The van der Waals surface area contributed by atoms with Crippen molar-refractivity contribution >= 4 is 11.9 Å². The van der Waals surface area contributed by atoms with Crippen LogP contribution in [0.2, 0.25) is 0 Å². The molecule has 1 heterocycles. The quantitative estimate of drug-likeness (QED) is 0.843. The molecular formula is C14H16N2O5. The van der Waals surface area contributed by atoms with Crippen molar-refractivity contribution in [1.29, 1.82) is 0 Å². The lowest BCUT2D eigenvalue weighted by molar-refractivity contribution is 0.0521. The second-order valence-electron chi connectivity index (χ2n) is 3.99. The van der Waals surface area contributed by atoms with E-state index >= 15 is 0 Å². The van der Waals surface area contributed by atoms with Crippen molar-refractivity contribution in [2.75, 3.05) is 26.6 Å². The van der Waals surface area contributed by atoms with Gasteiger partial charge in [0.2, 0.25) is 17.5 Å². The molecule has 0 aliphatic rings. The van der Waals surface area contributed by atoms with Crippen LogP contribution in [0.5, 0.6) is 11.5 Å². The highest BCUT2D eigenvalue weighted by Gasteiger charge is 2.23. The van der Waals surface area contributed by atoms with Crippen LogP contribution in [0.1, 0.15) is 17.4 Å². The Kier molecular flexibility index (Phi) is 4.32. The highest BCUT2D eigenvalue weighted by Crippen LogP contribution is 2.38. The molecule has 1 aromatic heterocycles. The van der Waals surface area contributed by atoms with E-state index in [4.69, 9.17) is 24.4 Å². The molecule has 112 valence electrons. The zero-order chi connectivity index (χ0) is 15.4. The van der Waals surface area contributed by atoms with Gasteiger partial charge in [0.25, 0.3) is 0 Å². The maximum absolute atomic E-state index is 11.7. The van der Waals surface area contributed by atoms with Crippen LogP contribution in [-0.2, 0) is 4.74 Å². The van der Waals surface area contributed by atoms with Crippen LogP contribution in [0, 0.1) is 0 Å². The number of carbonyl (C=O) groups excluding carboxylic acids is 1. The van der Waals surface area contributed by atoms with Crippen molar-refractivity contribution < 1.29 is 23.4 Å². The average molecular weight is 292 g/mol. The van der Waals surface area contributed by atoms with Crippen molar-refractivity contribution in [3.8, 4) is 23.0 Å². The Bertz CT molecular complexity index is 651. The monoisotopic (exact) mass is 292 g/mol. The van der Waals surface area contributed by atoms with Crippen molar-refractivity contribution in [2.45, 2.75) is 6.92 Å². The van der Waals surface area contributed by atoms with Crippen LogP contribution in [0.25, 0.3) is 11.5 Å². The number of para-hydroxylation sites is 1.